The maximum atomic E-state index is 11.1. The predicted molar refractivity (Wildman–Crippen MR) is 77.7 cm³/mol. The van der Waals surface area contributed by atoms with E-state index < -0.39 is 5.97 Å². The molecule has 0 aliphatic carbocycles. The average molecular weight is 276 g/mol. The number of aromatic carboxylic acids is 1. The second kappa shape index (κ2) is 5.40. The van der Waals surface area contributed by atoms with Gasteiger partial charge in [0.2, 0.25) is 0 Å². The third-order valence-electron chi connectivity index (χ3n) is 2.87. The van der Waals surface area contributed by atoms with Gasteiger partial charge in [-0.15, -0.1) is 0 Å². The molecule has 1 aromatic carbocycles. The third-order valence-corrected chi connectivity index (χ3v) is 4.04. The molecule has 1 aromatic heterocycles. The lowest BCUT2D eigenvalue weighted by Gasteiger charge is -2.19. The zero-order valence-corrected chi connectivity index (χ0v) is 12.0. The number of aromatic nitrogens is 1. The summed E-state index contributed by atoms with van der Waals surface area (Å²) < 4.78 is 0. The summed E-state index contributed by atoms with van der Waals surface area (Å²) >= 11 is 1.21. The molecule has 0 amide bonds. The van der Waals surface area contributed by atoms with Gasteiger partial charge >= 0.3 is 5.97 Å². The Balaban J connectivity index is 2.39. The molecule has 0 atom stereocenters. The molecule has 2 rings (SSSR count). The largest absolute Gasteiger partial charge is 0.477 e. The van der Waals surface area contributed by atoms with Gasteiger partial charge in [0.15, 0.2) is 5.13 Å². The Hall–Kier alpha value is -1.88. The van der Waals surface area contributed by atoms with Crippen molar-refractivity contribution < 1.29 is 9.90 Å². The molecule has 100 valence electrons. The highest BCUT2D eigenvalue weighted by Gasteiger charge is 2.18. The lowest BCUT2D eigenvalue weighted by molar-refractivity contribution is 0.0701. The second-order valence-electron chi connectivity index (χ2n) is 4.30. The van der Waals surface area contributed by atoms with Crippen LogP contribution in [0.25, 0.3) is 0 Å². The fraction of sp³-hybridized carbons (Fsp3) is 0.286. The van der Waals surface area contributed by atoms with E-state index in [1.54, 1.807) is 6.92 Å². The highest BCUT2D eigenvalue weighted by atomic mass is 32.1. The number of rotatable bonds is 4. The molecule has 0 spiro atoms. The Kier molecular flexibility index (Phi) is 3.85. The van der Waals surface area contributed by atoms with Crippen molar-refractivity contribution in [3.8, 4) is 0 Å². The molecule has 0 radical (unpaired) electrons. The Morgan fingerprint density at radius 3 is 2.42 bits per heavy atom. The molecule has 4 nitrogen and oxygen atoms in total. The highest BCUT2D eigenvalue weighted by Crippen LogP contribution is 2.31. The fourth-order valence-electron chi connectivity index (χ4n) is 1.85. The van der Waals surface area contributed by atoms with Crippen molar-refractivity contribution in [3.05, 3.63) is 40.4 Å². The van der Waals surface area contributed by atoms with Crippen molar-refractivity contribution in [3.63, 3.8) is 0 Å². The minimum Gasteiger partial charge on any atom is -0.477 e. The number of anilines is 2. The molecule has 1 heterocycles. The summed E-state index contributed by atoms with van der Waals surface area (Å²) in [6, 6.07) is 8.12. The van der Waals surface area contributed by atoms with E-state index in [1.807, 2.05) is 43.0 Å². The molecular formula is C14H16N2O2S. The summed E-state index contributed by atoms with van der Waals surface area (Å²) in [7, 11) is 0. The zero-order valence-electron chi connectivity index (χ0n) is 11.2. The van der Waals surface area contributed by atoms with Gasteiger partial charge in [-0.1, -0.05) is 29.0 Å². The second-order valence-corrected chi connectivity index (χ2v) is 5.27. The van der Waals surface area contributed by atoms with Crippen LogP contribution < -0.4 is 4.90 Å². The minimum atomic E-state index is -0.916. The Bertz CT molecular complexity index is 590. The molecule has 0 fully saturated rings. The highest BCUT2D eigenvalue weighted by molar-refractivity contribution is 7.17. The van der Waals surface area contributed by atoms with E-state index >= 15 is 0 Å². The minimum absolute atomic E-state index is 0.306. The summed E-state index contributed by atoms with van der Waals surface area (Å²) in [5.74, 6) is -0.916. The number of carbonyl (C=O) groups is 1. The van der Waals surface area contributed by atoms with Gasteiger partial charge < -0.3 is 10.0 Å². The maximum Gasteiger partial charge on any atom is 0.347 e. The molecular weight excluding hydrogens is 260 g/mol. The number of benzene rings is 1. The predicted octanol–water partition coefficient (Wildman–Crippen LogP) is 3.62. The van der Waals surface area contributed by atoms with Crippen molar-refractivity contribution in [2.75, 3.05) is 11.4 Å². The van der Waals surface area contributed by atoms with Crippen LogP contribution in [0.2, 0.25) is 0 Å². The van der Waals surface area contributed by atoms with Gasteiger partial charge in [-0.2, -0.15) is 0 Å². The van der Waals surface area contributed by atoms with Crippen LogP contribution in [0.1, 0.15) is 27.9 Å². The summed E-state index contributed by atoms with van der Waals surface area (Å²) in [5, 5.41) is 9.82. The number of nitrogens with zero attached hydrogens (tertiary/aromatic N) is 2. The fourth-order valence-corrected chi connectivity index (χ4v) is 2.84. The first-order valence-electron chi connectivity index (χ1n) is 6.08. The molecule has 19 heavy (non-hydrogen) atoms. The number of hydrogen-bond acceptors (Lipinski definition) is 4. The summed E-state index contributed by atoms with van der Waals surface area (Å²) in [6.07, 6.45) is 0. The first-order chi connectivity index (χ1) is 9.02. The van der Waals surface area contributed by atoms with Crippen LogP contribution in [0.4, 0.5) is 10.8 Å². The molecule has 0 aliphatic heterocycles. The van der Waals surface area contributed by atoms with Gasteiger partial charge in [0, 0.05) is 12.2 Å². The number of hydrogen-bond donors (Lipinski definition) is 1. The lowest BCUT2D eigenvalue weighted by Crippen LogP contribution is -2.15. The van der Waals surface area contributed by atoms with Crippen LogP contribution in [0.15, 0.2) is 24.3 Å². The van der Waals surface area contributed by atoms with Crippen LogP contribution in [0.5, 0.6) is 0 Å². The van der Waals surface area contributed by atoms with Gasteiger partial charge in [-0.25, -0.2) is 9.78 Å². The average Bonchev–Trinajstić information content (AvgIpc) is 2.75. The maximum absolute atomic E-state index is 11.1. The van der Waals surface area contributed by atoms with Crippen molar-refractivity contribution in [2.45, 2.75) is 20.8 Å². The Labute approximate surface area is 116 Å². The number of aryl methyl sites for hydroxylation is 2. The third kappa shape index (κ3) is 2.76. The quantitative estimate of drug-likeness (QED) is 0.926. The van der Waals surface area contributed by atoms with E-state index in [1.165, 1.54) is 16.9 Å². The molecule has 5 heteroatoms. The Morgan fingerprint density at radius 2 is 1.95 bits per heavy atom. The topological polar surface area (TPSA) is 53.4 Å². The van der Waals surface area contributed by atoms with Gasteiger partial charge in [0.1, 0.15) is 4.88 Å². The van der Waals surface area contributed by atoms with Crippen molar-refractivity contribution in [2.24, 2.45) is 0 Å². The molecule has 0 saturated carbocycles. The van der Waals surface area contributed by atoms with Crippen molar-refractivity contribution in [1.29, 1.82) is 0 Å². The molecule has 0 saturated heterocycles. The first kappa shape index (κ1) is 13.5. The summed E-state index contributed by atoms with van der Waals surface area (Å²) in [4.78, 5) is 17.8. The van der Waals surface area contributed by atoms with E-state index in [9.17, 15) is 4.79 Å². The number of carboxylic acids is 1. The molecule has 0 unspecified atom stereocenters. The van der Waals surface area contributed by atoms with E-state index in [-0.39, 0.29) is 0 Å². The van der Waals surface area contributed by atoms with Gasteiger partial charge in [0.05, 0.1) is 5.69 Å². The SMILES string of the molecule is CCN(c1ccc(C)cc1)c1nc(C)c(C(=O)O)s1. The monoisotopic (exact) mass is 276 g/mol. The van der Waals surface area contributed by atoms with Crippen molar-refractivity contribution >= 4 is 28.1 Å². The number of thiazole rings is 1. The van der Waals surface area contributed by atoms with Crippen LogP contribution >= 0.6 is 11.3 Å². The first-order valence-corrected chi connectivity index (χ1v) is 6.89. The molecule has 2 aromatic rings. The summed E-state index contributed by atoms with van der Waals surface area (Å²) in [6.45, 7) is 6.54. The van der Waals surface area contributed by atoms with Crippen LogP contribution in [-0.4, -0.2) is 22.6 Å². The van der Waals surface area contributed by atoms with Crippen LogP contribution in [0.3, 0.4) is 0 Å². The summed E-state index contributed by atoms with van der Waals surface area (Å²) in [5.41, 5.74) is 2.79. The van der Waals surface area contributed by atoms with Crippen LogP contribution in [0, 0.1) is 13.8 Å². The van der Waals surface area contributed by atoms with Gasteiger partial charge in [-0.05, 0) is 32.9 Å². The standard InChI is InChI=1S/C14H16N2O2S/c1-4-16(11-7-5-9(2)6-8-11)14-15-10(3)12(19-14)13(17)18/h5-8H,4H2,1-3H3,(H,17,18). The van der Waals surface area contributed by atoms with E-state index in [0.29, 0.717) is 10.6 Å². The van der Waals surface area contributed by atoms with Gasteiger partial charge in [0.25, 0.3) is 0 Å². The van der Waals surface area contributed by atoms with Crippen LogP contribution in [-0.2, 0) is 0 Å². The normalized spacial score (nSPS) is 10.5. The zero-order chi connectivity index (χ0) is 14.0. The van der Waals surface area contributed by atoms with E-state index in [4.69, 9.17) is 5.11 Å². The molecule has 0 aliphatic rings. The number of carboxylic acid groups (broad SMARTS) is 1. The van der Waals surface area contributed by atoms with E-state index in [2.05, 4.69) is 4.98 Å². The van der Waals surface area contributed by atoms with Gasteiger partial charge in [-0.3, -0.25) is 0 Å². The van der Waals surface area contributed by atoms with E-state index in [0.717, 1.165) is 17.4 Å². The van der Waals surface area contributed by atoms with Crippen molar-refractivity contribution in [1.82, 2.24) is 4.98 Å². The smallest absolute Gasteiger partial charge is 0.347 e. The molecule has 0 bridgehead atoms. The Morgan fingerprint density at radius 1 is 1.32 bits per heavy atom. The lowest BCUT2D eigenvalue weighted by atomic mass is 10.2. The molecule has 1 N–H and O–H groups in total.